The van der Waals surface area contributed by atoms with Crippen LogP contribution in [0.3, 0.4) is 0 Å². The molecule has 0 radical (unpaired) electrons. The van der Waals surface area contributed by atoms with Gasteiger partial charge in [-0.25, -0.2) is 0 Å². The summed E-state index contributed by atoms with van der Waals surface area (Å²) in [6.07, 6.45) is 10.2. The molecule has 2 aliphatic carbocycles. The maximum atomic E-state index is 12.4. The third-order valence-corrected chi connectivity index (χ3v) is 6.13. The number of carbonyl (C=O) groups is 2. The van der Waals surface area contributed by atoms with Crippen molar-refractivity contribution >= 4 is 11.8 Å². The van der Waals surface area contributed by atoms with Gasteiger partial charge in [-0.15, -0.1) is 0 Å². The fraction of sp³-hybridized carbons (Fsp3) is 0.789. The van der Waals surface area contributed by atoms with E-state index in [9.17, 15) is 9.59 Å². The molecule has 0 bridgehead atoms. The fourth-order valence-corrected chi connectivity index (χ4v) is 4.63. The minimum absolute atomic E-state index is 0.0293. The molecule has 1 aliphatic heterocycles. The summed E-state index contributed by atoms with van der Waals surface area (Å²) in [6.45, 7) is 1.06. The van der Waals surface area contributed by atoms with Crippen LogP contribution in [0.5, 0.6) is 0 Å². The maximum absolute atomic E-state index is 12.4. The lowest BCUT2D eigenvalue weighted by Gasteiger charge is -2.23. The fourth-order valence-electron chi connectivity index (χ4n) is 4.63. The molecule has 3 fully saturated rings. The van der Waals surface area contributed by atoms with E-state index in [1.54, 1.807) is 0 Å². The van der Waals surface area contributed by atoms with Gasteiger partial charge in [-0.3, -0.25) is 9.59 Å². The van der Waals surface area contributed by atoms with Gasteiger partial charge >= 0.3 is 0 Å². The van der Waals surface area contributed by atoms with Crippen molar-refractivity contribution in [3.8, 4) is 0 Å². The first-order valence-electron chi connectivity index (χ1n) is 10.1. The number of rotatable bonds is 6. The number of nitrogens with one attached hydrogen (secondary N) is 1. The zero-order chi connectivity index (χ0) is 17.9. The second kappa shape index (κ2) is 7.76. The van der Waals surface area contributed by atoms with E-state index in [-0.39, 0.29) is 17.7 Å². The summed E-state index contributed by atoms with van der Waals surface area (Å²) in [6, 6.07) is 0.355. The SMILES string of the molecule is O=C(NCCc1noc(C2CCCC2)n1)[C@H]1CC(=O)N(C2CCCC2)C1. The second-order valence-corrected chi connectivity index (χ2v) is 7.96. The Kier molecular flexibility index (Phi) is 5.22. The van der Waals surface area contributed by atoms with Crippen LogP contribution in [0.1, 0.15) is 75.4 Å². The molecule has 0 unspecified atom stereocenters. The van der Waals surface area contributed by atoms with E-state index < -0.39 is 0 Å². The lowest BCUT2D eigenvalue weighted by Crippen LogP contribution is -2.37. The van der Waals surface area contributed by atoms with E-state index in [0.717, 1.165) is 31.6 Å². The minimum atomic E-state index is -0.220. The highest BCUT2D eigenvalue weighted by atomic mass is 16.5. The highest BCUT2D eigenvalue weighted by molar-refractivity contribution is 5.89. The van der Waals surface area contributed by atoms with Crippen molar-refractivity contribution in [2.24, 2.45) is 5.92 Å². The van der Waals surface area contributed by atoms with Gasteiger partial charge in [-0.1, -0.05) is 30.8 Å². The molecule has 1 saturated heterocycles. The Morgan fingerprint density at radius 1 is 1.15 bits per heavy atom. The summed E-state index contributed by atoms with van der Waals surface area (Å²) < 4.78 is 5.37. The summed E-state index contributed by atoms with van der Waals surface area (Å²) in [7, 11) is 0. The third-order valence-electron chi connectivity index (χ3n) is 6.13. The Labute approximate surface area is 153 Å². The predicted molar refractivity (Wildman–Crippen MR) is 94.3 cm³/mol. The summed E-state index contributed by atoms with van der Waals surface area (Å²) in [5.74, 6) is 1.70. The number of amides is 2. The van der Waals surface area contributed by atoms with Crippen LogP contribution in [0.4, 0.5) is 0 Å². The molecule has 2 heterocycles. The molecular weight excluding hydrogens is 332 g/mol. The van der Waals surface area contributed by atoms with Gasteiger partial charge in [-0.05, 0) is 25.7 Å². The highest BCUT2D eigenvalue weighted by Crippen LogP contribution is 2.33. The van der Waals surface area contributed by atoms with Crippen molar-refractivity contribution in [2.75, 3.05) is 13.1 Å². The highest BCUT2D eigenvalue weighted by Gasteiger charge is 2.38. The van der Waals surface area contributed by atoms with Gasteiger partial charge in [-0.2, -0.15) is 4.98 Å². The van der Waals surface area contributed by atoms with E-state index in [0.29, 0.717) is 43.7 Å². The lowest BCUT2D eigenvalue weighted by atomic mass is 10.1. The second-order valence-electron chi connectivity index (χ2n) is 7.96. The Morgan fingerprint density at radius 3 is 2.65 bits per heavy atom. The van der Waals surface area contributed by atoms with E-state index in [4.69, 9.17) is 4.52 Å². The first-order chi connectivity index (χ1) is 12.7. The monoisotopic (exact) mass is 360 g/mol. The summed E-state index contributed by atoms with van der Waals surface area (Å²) >= 11 is 0. The van der Waals surface area contributed by atoms with Crippen LogP contribution in [0, 0.1) is 5.92 Å². The molecule has 1 atom stereocenters. The van der Waals surface area contributed by atoms with Gasteiger partial charge in [0.2, 0.25) is 17.7 Å². The molecule has 1 aromatic rings. The molecule has 2 amide bonds. The van der Waals surface area contributed by atoms with Crippen LogP contribution in [0.2, 0.25) is 0 Å². The average Bonchev–Trinajstić information content (AvgIpc) is 3.41. The van der Waals surface area contributed by atoms with Gasteiger partial charge in [0.05, 0.1) is 5.92 Å². The molecule has 1 N–H and O–H groups in total. The number of aromatic nitrogens is 2. The summed E-state index contributed by atoms with van der Waals surface area (Å²) in [5.41, 5.74) is 0. The van der Waals surface area contributed by atoms with Crippen molar-refractivity contribution < 1.29 is 14.1 Å². The number of carbonyl (C=O) groups excluding carboxylic acids is 2. The Morgan fingerprint density at radius 2 is 1.88 bits per heavy atom. The molecular formula is C19H28N4O3. The minimum Gasteiger partial charge on any atom is -0.355 e. The average molecular weight is 360 g/mol. The van der Waals surface area contributed by atoms with Crippen molar-refractivity contribution in [3.05, 3.63) is 11.7 Å². The Balaban J connectivity index is 1.22. The van der Waals surface area contributed by atoms with E-state index in [1.165, 1.54) is 25.7 Å². The van der Waals surface area contributed by atoms with Gasteiger partial charge in [0.1, 0.15) is 0 Å². The zero-order valence-electron chi connectivity index (χ0n) is 15.3. The topological polar surface area (TPSA) is 88.3 Å². The quantitative estimate of drug-likeness (QED) is 0.840. The van der Waals surface area contributed by atoms with Crippen LogP contribution in [0.15, 0.2) is 4.52 Å². The Bertz CT molecular complexity index is 647. The number of hydrogen-bond acceptors (Lipinski definition) is 5. The van der Waals surface area contributed by atoms with Gasteiger partial charge in [0.25, 0.3) is 0 Å². The van der Waals surface area contributed by atoms with Crippen molar-refractivity contribution in [2.45, 2.75) is 76.2 Å². The molecule has 7 heteroatoms. The molecule has 26 heavy (non-hydrogen) atoms. The standard InChI is InChI=1S/C19H28N4O3/c24-17-11-14(12-23(17)15-7-3-4-8-15)18(25)20-10-9-16-21-19(26-22-16)13-5-1-2-6-13/h13-15H,1-12H2,(H,20,25)/t14-/m0/s1. The van der Waals surface area contributed by atoms with Crippen LogP contribution in [0.25, 0.3) is 0 Å². The first kappa shape index (κ1) is 17.5. The summed E-state index contributed by atoms with van der Waals surface area (Å²) in [4.78, 5) is 31.0. The maximum Gasteiger partial charge on any atom is 0.229 e. The van der Waals surface area contributed by atoms with Crippen LogP contribution >= 0.6 is 0 Å². The predicted octanol–water partition coefficient (Wildman–Crippen LogP) is 2.18. The smallest absolute Gasteiger partial charge is 0.229 e. The molecule has 2 saturated carbocycles. The zero-order valence-corrected chi connectivity index (χ0v) is 15.3. The number of likely N-dealkylation sites (tertiary alicyclic amines) is 1. The summed E-state index contributed by atoms with van der Waals surface area (Å²) in [5, 5.41) is 6.98. The molecule has 4 rings (SSSR count). The number of nitrogens with zero attached hydrogens (tertiary/aromatic N) is 3. The van der Waals surface area contributed by atoms with Gasteiger partial charge in [0.15, 0.2) is 5.82 Å². The molecule has 3 aliphatic rings. The van der Waals surface area contributed by atoms with Gasteiger partial charge in [0, 0.05) is 37.9 Å². The van der Waals surface area contributed by atoms with Crippen molar-refractivity contribution in [1.82, 2.24) is 20.4 Å². The van der Waals surface area contributed by atoms with Crippen LogP contribution in [-0.4, -0.2) is 46.0 Å². The molecule has 0 spiro atoms. The van der Waals surface area contributed by atoms with E-state index in [1.807, 2.05) is 4.90 Å². The molecule has 7 nitrogen and oxygen atoms in total. The van der Waals surface area contributed by atoms with Crippen molar-refractivity contribution in [3.63, 3.8) is 0 Å². The lowest BCUT2D eigenvalue weighted by molar-refractivity contribution is -0.130. The third kappa shape index (κ3) is 3.76. The largest absolute Gasteiger partial charge is 0.355 e. The normalized spacial score (nSPS) is 24.7. The van der Waals surface area contributed by atoms with E-state index >= 15 is 0 Å². The van der Waals surface area contributed by atoms with Crippen LogP contribution in [-0.2, 0) is 16.0 Å². The molecule has 142 valence electrons. The Hall–Kier alpha value is -1.92. The van der Waals surface area contributed by atoms with Gasteiger partial charge < -0.3 is 14.7 Å². The van der Waals surface area contributed by atoms with Crippen LogP contribution < -0.4 is 5.32 Å². The molecule has 0 aromatic carbocycles. The van der Waals surface area contributed by atoms with Crippen molar-refractivity contribution in [1.29, 1.82) is 0 Å². The molecule has 1 aromatic heterocycles. The number of hydrogen-bond donors (Lipinski definition) is 1. The first-order valence-corrected chi connectivity index (χ1v) is 10.1. The van der Waals surface area contributed by atoms with E-state index in [2.05, 4.69) is 15.5 Å².